The summed E-state index contributed by atoms with van der Waals surface area (Å²) >= 11 is 2.01. The molecule has 22 heavy (non-hydrogen) atoms. The lowest BCUT2D eigenvalue weighted by Crippen LogP contribution is -2.55. The fraction of sp³-hybridized carbons (Fsp3) is 0.923. The van der Waals surface area contributed by atoms with Crippen LogP contribution in [0.15, 0.2) is 4.99 Å². The first kappa shape index (κ1) is 22.3. The molecule has 1 rings (SSSR count). The number of hydrogen-bond acceptors (Lipinski definition) is 4. The van der Waals surface area contributed by atoms with Gasteiger partial charge in [0.05, 0.1) is 6.26 Å². The summed E-state index contributed by atoms with van der Waals surface area (Å²) in [6.45, 7) is 8.37. The van der Waals surface area contributed by atoms with E-state index >= 15 is 0 Å². The summed E-state index contributed by atoms with van der Waals surface area (Å²) in [6.07, 6.45) is 2.33. The van der Waals surface area contributed by atoms with Gasteiger partial charge < -0.3 is 10.2 Å². The van der Waals surface area contributed by atoms with E-state index in [2.05, 4.69) is 26.9 Å². The van der Waals surface area contributed by atoms with Crippen molar-refractivity contribution >= 4 is 51.7 Å². The fourth-order valence-corrected chi connectivity index (χ4v) is 4.59. The summed E-state index contributed by atoms with van der Waals surface area (Å²) in [5, 5.41) is 3.92. The molecule has 0 aromatic heterocycles. The molecule has 1 aliphatic heterocycles. The SMILES string of the molecule is CCC1CN(C(=NC)NCC(C)(C)NS(C)(=O)=O)CCS1.I. The average Bonchev–Trinajstić information content (AvgIpc) is 2.37. The van der Waals surface area contributed by atoms with Crippen LogP contribution in [0.3, 0.4) is 0 Å². The highest BCUT2D eigenvalue weighted by Crippen LogP contribution is 2.21. The van der Waals surface area contributed by atoms with Gasteiger partial charge in [-0.3, -0.25) is 4.99 Å². The maximum atomic E-state index is 11.4. The standard InChI is InChI=1S/C13H28N4O2S2.HI/c1-6-11-9-17(7-8-20-11)12(14-4)15-10-13(2,3)16-21(5,18)19;/h11,16H,6-10H2,1-5H3,(H,14,15);1H. The zero-order valence-electron chi connectivity index (χ0n) is 14.0. The Balaban J connectivity index is 0.00000441. The van der Waals surface area contributed by atoms with Gasteiger partial charge in [0.1, 0.15) is 0 Å². The second-order valence-corrected chi connectivity index (χ2v) is 9.16. The topological polar surface area (TPSA) is 73.8 Å². The number of hydrogen-bond donors (Lipinski definition) is 2. The Bertz CT molecular complexity index is 469. The molecule has 2 N–H and O–H groups in total. The van der Waals surface area contributed by atoms with Gasteiger partial charge in [-0.05, 0) is 20.3 Å². The maximum Gasteiger partial charge on any atom is 0.209 e. The highest BCUT2D eigenvalue weighted by atomic mass is 127. The molecule has 0 spiro atoms. The number of aliphatic imine (C=N–C) groups is 1. The predicted octanol–water partition coefficient (Wildman–Crippen LogP) is 1.33. The highest BCUT2D eigenvalue weighted by Gasteiger charge is 2.25. The zero-order chi connectivity index (χ0) is 16.1. The Hall–Kier alpha value is 0.260. The molecular formula is C13H29IN4O2S2. The molecule has 0 aliphatic carbocycles. The number of halogens is 1. The van der Waals surface area contributed by atoms with Gasteiger partial charge in [0, 0.05) is 43.2 Å². The van der Waals surface area contributed by atoms with E-state index in [1.54, 1.807) is 7.05 Å². The molecule has 0 aromatic carbocycles. The molecule has 1 fully saturated rings. The first-order chi connectivity index (χ1) is 9.67. The molecule has 1 saturated heterocycles. The summed E-state index contributed by atoms with van der Waals surface area (Å²) < 4.78 is 25.4. The van der Waals surface area contributed by atoms with Gasteiger partial charge in [0.15, 0.2) is 5.96 Å². The molecule has 132 valence electrons. The van der Waals surface area contributed by atoms with Crippen LogP contribution in [0.1, 0.15) is 27.2 Å². The molecule has 1 aliphatic rings. The number of sulfonamides is 1. The van der Waals surface area contributed by atoms with Crippen molar-refractivity contribution in [2.75, 3.05) is 38.7 Å². The number of nitrogens with zero attached hydrogens (tertiary/aromatic N) is 2. The Morgan fingerprint density at radius 2 is 2.09 bits per heavy atom. The molecule has 6 nitrogen and oxygen atoms in total. The zero-order valence-corrected chi connectivity index (χ0v) is 18.0. The Morgan fingerprint density at radius 3 is 2.59 bits per heavy atom. The molecule has 0 saturated carbocycles. The molecule has 1 unspecified atom stereocenters. The van der Waals surface area contributed by atoms with Crippen molar-refractivity contribution in [3.05, 3.63) is 0 Å². The van der Waals surface area contributed by atoms with Crippen molar-refractivity contribution in [2.24, 2.45) is 4.99 Å². The van der Waals surface area contributed by atoms with Crippen LogP contribution in [0.5, 0.6) is 0 Å². The van der Waals surface area contributed by atoms with E-state index in [1.807, 2.05) is 25.6 Å². The fourth-order valence-electron chi connectivity index (χ4n) is 2.33. The number of nitrogens with one attached hydrogen (secondary N) is 2. The van der Waals surface area contributed by atoms with Crippen molar-refractivity contribution in [3.8, 4) is 0 Å². The second-order valence-electron chi connectivity index (χ2n) is 6.01. The van der Waals surface area contributed by atoms with Crippen molar-refractivity contribution in [3.63, 3.8) is 0 Å². The molecule has 0 amide bonds. The summed E-state index contributed by atoms with van der Waals surface area (Å²) in [4.78, 5) is 6.58. The summed E-state index contributed by atoms with van der Waals surface area (Å²) in [5.41, 5.74) is -0.557. The van der Waals surface area contributed by atoms with Crippen LogP contribution in [-0.2, 0) is 10.0 Å². The van der Waals surface area contributed by atoms with Gasteiger partial charge in [0.25, 0.3) is 0 Å². The normalized spacial score (nSPS) is 20.5. The molecule has 0 aromatic rings. The lowest BCUT2D eigenvalue weighted by molar-refractivity contribution is 0.390. The van der Waals surface area contributed by atoms with Gasteiger partial charge in [-0.25, -0.2) is 13.1 Å². The summed E-state index contributed by atoms with van der Waals surface area (Å²) in [5.74, 6) is 1.95. The van der Waals surface area contributed by atoms with E-state index in [0.717, 1.165) is 31.2 Å². The van der Waals surface area contributed by atoms with Crippen molar-refractivity contribution in [1.82, 2.24) is 14.9 Å². The van der Waals surface area contributed by atoms with Crippen LogP contribution in [-0.4, -0.2) is 68.8 Å². The molecule has 9 heteroatoms. The van der Waals surface area contributed by atoms with Crippen LogP contribution in [0.25, 0.3) is 0 Å². The first-order valence-electron chi connectivity index (χ1n) is 7.23. The van der Waals surface area contributed by atoms with Crippen LogP contribution >= 0.6 is 35.7 Å². The first-order valence-corrected chi connectivity index (χ1v) is 10.2. The van der Waals surface area contributed by atoms with Crippen LogP contribution in [0.2, 0.25) is 0 Å². The third-order valence-corrected chi connectivity index (χ3v) is 5.55. The molecular weight excluding hydrogens is 435 g/mol. The quantitative estimate of drug-likeness (QED) is 0.365. The lowest BCUT2D eigenvalue weighted by atomic mass is 10.1. The van der Waals surface area contributed by atoms with Gasteiger partial charge in [-0.1, -0.05) is 6.92 Å². The van der Waals surface area contributed by atoms with Crippen LogP contribution < -0.4 is 10.0 Å². The minimum absolute atomic E-state index is 0. The maximum absolute atomic E-state index is 11.4. The van der Waals surface area contributed by atoms with E-state index in [0.29, 0.717) is 11.8 Å². The van der Waals surface area contributed by atoms with E-state index in [-0.39, 0.29) is 24.0 Å². The van der Waals surface area contributed by atoms with E-state index in [4.69, 9.17) is 0 Å². The predicted molar refractivity (Wildman–Crippen MR) is 107 cm³/mol. The largest absolute Gasteiger partial charge is 0.354 e. The highest BCUT2D eigenvalue weighted by molar-refractivity contribution is 14.0. The van der Waals surface area contributed by atoms with Gasteiger partial charge in [-0.15, -0.1) is 24.0 Å². The third kappa shape index (κ3) is 8.21. The molecule has 1 atom stereocenters. The molecule has 1 heterocycles. The Morgan fingerprint density at radius 1 is 1.45 bits per heavy atom. The summed E-state index contributed by atoms with van der Waals surface area (Å²) in [7, 11) is -1.45. The van der Waals surface area contributed by atoms with Gasteiger partial charge >= 0.3 is 0 Å². The van der Waals surface area contributed by atoms with E-state index in [9.17, 15) is 8.42 Å². The van der Waals surface area contributed by atoms with Crippen molar-refractivity contribution < 1.29 is 8.42 Å². The minimum atomic E-state index is -3.22. The smallest absolute Gasteiger partial charge is 0.209 e. The minimum Gasteiger partial charge on any atom is -0.354 e. The van der Waals surface area contributed by atoms with Crippen molar-refractivity contribution in [2.45, 2.75) is 38.0 Å². The van der Waals surface area contributed by atoms with Crippen LogP contribution in [0.4, 0.5) is 0 Å². The Labute approximate surface area is 156 Å². The molecule has 0 bridgehead atoms. The number of rotatable bonds is 5. The Kier molecular flexibility index (Phi) is 9.64. The van der Waals surface area contributed by atoms with Gasteiger partial charge in [-0.2, -0.15) is 11.8 Å². The average molecular weight is 464 g/mol. The number of thioether (sulfide) groups is 1. The van der Waals surface area contributed by atoms with Crippen molar-refractivity contribution in [1.29, 1.82) is 0 Å². The third-order valence-electron chi connectivity index (χ3n) is 3.26. The van der Waals surface area contributed by atoms with E-state index in [1.165, 1.54) is 6.26 Å². The van der Waals surface area contributed by atoms with Crippen LogP contribution in [0, 0.1) is 0 Å². The number of guanidine groups is 1. The second kappa shape index (κ2) is 9.53. The monoisotopic (exact) mass is 464 g/mol. The van der Waals surface area contributed by atoms with E-state index < -0.39 is 15.6 Å². The molecule has 0 radical (unpaired) electrons. The van der Waals surface area contributed by atoms with Gasteiger partial charge in [0.2, 0.25) is 10.0 Å². The summed E-state index contributed by atoms with van der Waals surface area (Å²) in [6, 6.07) is 0. The lowest BCUT2D eigenvalue weighted by Gasteiger charge is -2.35.